The van der Waals surface area contributed by atoms with E-state index < -0.39 is 5.92 Å². The molecule has 2 aromatic rings. The third-order valence-corrected chi connectivity index (χ3v) is 4.83. The van der Waals surface area contributed by atoms with Gasteiger partial charge in [-0.05, 0) is 42.7 Å². The van der Waals surface area contributed by atoms with Crippen molar-refractivity contribution in [3.05, 3.63) is 47.6 Å². The van der Waals surface area contributed by atoms with Crippen LogP contribution in [0.25, 0.3) is 0 Å². The maximum Gasteiger partial charge on any atom is 0.230 e. The van der Waals surface area contributed by atoms with Crippen molar-refractivity contribution in [2.24, 2.45) is 5.92 Å². The zero-order valence-electron chi connectivity index (χ0n) is 13.0. The Kier molecular flexibility index (Phi) is 5.06. The summed E-state index contributed by atoms with van der Waals surface area (Å²) < 4.78 is 0. The lowest BCUT2D eigenvalue weighted by atomic mass is 10.1. The second-order valence-corrected chi connectivity index (χ2v) is 6.77. The molecule has 1 N–H and O–H groups in total. The van der Waals surface area contributed by atoms with Gasteiger partial charge in [0.05, 0.1) is 10.9 Å². The molecule has 1 aromatic heterocycles. The van der Waals surface area contributed by atoms with Crippen molar-refractivity contribution < 1.29 is 9.59 Å². The fourth-order valence-corrected chi connectivity index (χ4v) is 3.09. The first kappa shape index (κ1) is 16.8. The van der Waals surface area contributed by atoms with Crippen LogP contribution in [0.2, 0.25) is 5.02 Å². The lowest BCUT2D eigenvalue weighted by molar-refractivity contribution is -0.122. The van der Waals surface area contributed by atoms with Gasteiger partial charge in [-0.25, -0.2) is 4.98 Å². The first-order chi connectivity index (χ1) is 11.6. The summed E-state index contributed by atoms with van der Waals surface area (Å²) in [6.07, 6.45) is 3.67. The third-order valence-electron chi connectivity index (χ3n) is 3.86. The molecule has 1 aliphatic heterocycles. The molecule has 1 saturated heterocycles. The van der Waals surface area contributed by atoms with E-state index in [4.69, 9.17) is 11.6 Å². The smallest absolute Gasteiger partial charge is 0.230 e. The fourth-order valence-electron chi connectivity index (χ4n) is 2.57. The number of carbonyl (C=O) groups excluding carboxylic acids is 2. The maximum absolute atomic E-state index is 12.4. The third kappa shape index (κ3) is 3.71. The number of rotatable bonds is 4. The minimum Gasteiger partial charge on any atom is -0.312 e. The highest BCUT2D eigenvalue weighted by Crippen LogP contribution is 2.27. The highest BCUT2D eigenvalue weighted by atomic mass is 35.5. The van der Waals surface area contributed by atoms with E-state index in [1.807, 2.05) is 30.5 Å². The van der Waals surface area contributed by atoms with E-state index in [0.29, 0.717) is 17.4 Å². The van der Waals surface area contributed by atoms with Crippen molar-refractivity contribution in [3.8, 4) is 0 Å². The number of aromatic nitrogens is 1. The van der Waals surface area contributed by atoms with E-state index in [0.717, 1.165) is 10.6 Å². The Morgan fingerprint density at radius 3 is 2.67 bits per heavy atom. The molecule has 7 heteroatoms. The highest BCUT2D eigenvalue weighted by Gasteiger charge is 2.35. The average molecular weight is 362 g/mol. The first-order valence-electron chi connectivity index (χ1n) is 7.43. The molecule has 0 saturated carbocycles. The minimum absolute atomic E-state index is 0.0453. The molecule has 5 nitrogen and oxygen atoms in total. The highest BCUT2D eigenvalue weighted by molar-refractivity contribution is 7.98. The Morgan fingerprint density at radius 1 is 1.29 bits per heavy atom. The Bertz CT molecular complexity index is 749. The van der Waals surface area contributed by atoms with Crippen molar-refractivity contribution in [2.75, 3.05) is 23.0 Å². The van der Waals surface area contributed by atoms with Gasteiger partial charge in [0.2, 0.25) is 11.8 Å². The molecule has 1 unspecified atom stereocenters. The summed E-state index contributed by atoms with van der Waals surface area (Å²) in [5.74, 6) is -0.215. The van der Waals surface area contributed by atoms with Crippen molar-refractivity contribution in [2.45, 2.75) is 11.3 Å². The van der Waals surface area contributed by atoms with Gasteiger partial charge in [-0.2, -0.15) is 0 Å². The van der Waals surface area contributed by atoms with E-state index in [1.165, 1.54) is 6.20 Å². The predicted molar refractivity (Wildman–Crippen MR) is 96.6 cm³/mol. The van der Waals surface area contributed by atoms with E-state index in [-0.39, 0.29) is 18.2 Å². The second-order valence-electron chi connectivity index (χ2n) is 5.45. The largest absolute Gasteiger partial charge is 0.312 e. The average Bonchev–Trinajstić information content (AvgIpc) is 2.99. The van der Waals surface area contributed by atoms with Crippen LogP contribution in [-0.2, 0) is 9.59 Å². The Labute approximate surface area is 149 Å². The number of hydrogen-bond acceptors (Lipinski definition) is 4. The van der Waals surface area contributed by atoms with Crippen LogP contribution in [0, 0.1) is 5.92 Å². The number of halogens is 1. The molecule has 1 aromatic carbocycles. The molecule has 0 bridgehead atoms. The van der Waals surface area contributed by atoms with Gasteiger partial charge in [0.1, 0.15) is 5.82 Å². The number of anilines is 2. The van der Waals surface area contributed by atoms with E-state index in [1.54, 1.807) is 28.8 Å². The van der Waals surface area contributed by atoms with Gasteiger partial charge < -0.3 is 10.2 Å². The monoisotopic (exact) mass is 361 g/mol. The second kappa shape index (κ2) is 7.23. The SMILES string of the molecule is CSc1ccc(N2CC(C(=O)Nc3ccc(Cl)cn3)CC2=O)cc1. The van der Waals surface area contributed by atoms with Crippen molar-refractivity contribution in [1.29, 1.82) is 0 Å². The topological polar surface area (TPSA) is 62.3 Å². The van der Waals surface area contributed by atoms with Gasteiger partial charge in [0, 0.05) is 29.7 Å². The van der Waals surface area contributed by atoms with Crippen molar-refractivity contribution >= 4 is 46.7 Å². The summed E-state index contributed by atoms with van der Waals surface area (Å²) in [5.41, 5.74) is 0.817. The van der Waals surface area contributed by atoms with E-state index in [9.17, 15) is 9.59 Å². The van der Waals surface area contributed by atoms with Crippen LogP contribution in [-0.4, -0.2) is 29.6 Å². The number of nitrogens with zero attached hydrogens (tertiary/aromatic N) is 2. The number of benzene rings is 1. The summed E-state index contributed by atoms with van der Waals surface area (Å²) in [6, 6.07) is 11.0. The van der Waals surface area contributed by atoms with Crippen molar-refractivity contribution in [3.63, 3.8) is 0 Å². The lowest BCUT2D eigenvalue weighted by Crippen LogP contribution is -2.28. The van der Waals surface area contributed by atoms with Gasteiger partial charge in [0.25, 0.3) is 0 Å². The van der Waals surface area contributed by atoms with Crippen LogP contribution in [0.3, 0.4) is 0 Å². The molecule has 2 amide bonds. The molecular weight excluding hydrogens is 346 g/mol. The van der Waals surface area contributed by atoms with Crippen LogP contribution in [0.4, 0.5) is 11.5 Å². The number of amides is 2. The normalized spacial score (nSPS) is 17.2. The van der Waals surface area contributed by atoms with Gasteiger partial charge in [-0.15, -0.1) is 11.8 Å². The summed E-state index contributed by atoms with van der Waals surface area (Å²) in [7, 11) is 0. The summed E-state index contributed by atoms with van der Waals surface area (Å²) in [6.45, 7) is 0.372. The first-order valence-corrected chi connectivity index (χ1v) is 9.04. The Hall–Kier alpha value is -2.05. The molecule has 124 valence electrons. The lowest BCUT2D eigenvalue weighted by Gasteiger charge is -2.17. The summed E-state index contributed by atoms with van der Waals surface area (Å²) >= 11 is 7.42. The van der Waals surface area contributed by atoms with Gasteiger partial charge in [-0.3, -0.25) is 9.59 Å². The van der Waals surface area contributed by atoms with E-state index >= 15 is 0 Å². The number of hydrogen-bond donors (Lipinski definition) is 1. The number of nitrogens with one attached hydrogen (secondary N) is 1. The standard InChI is InChI=1S/C17H16ClN3O2S/c1-24-14-5-3-13(4-6-14)21-10-11(8-16(21)22)17(23)20-15-7-2-12(18)9-19-15/h2-7,9,11H,8,10H2,1H3,(H,19,20,23). The molecule has 0 spiro atoms. The predicted octanol–water partition coefficient (Wildman–Crippen LogP) is 3.45. The molecular formula is C17H16ClN3O2S. The Morgan fingerprint density at radius 2 is 2.04 bits per heavy atom. The van der Waals surface area contributed by atoms with Crippen molar-refractivity contribution in [1.82, 2.24) is 4.98 Å². The minimum atomic E-state index is -0.393. The molecule has 1 fully saturated rings. The van der Waals surface area contributed by atoms with Crippen LogP contribution < -0.4 is 10.2 Å². The number of pyridine rings is 1. The molecule has 24 heavy (non-hydrogen) atoms. The van der Waals surface area contributed by atoms with Crippen LogP contribution in [0.5, 0.6) is 0 Å². The zero-order valence-corrected chi connectivity index (χ0v) is 14.6. The molecule has 0 radical (unpaired) electrons. The van der Waals surface area contributed by atoms with Gasteiger partial charge in [0.15, 0.2) is 0 Å². The molecule has 3 rings (SSSR count). The van der Waals surface area contributed by atoms with Crippen LogP contribution >= 0.6 is 23.4 Å². The van der Waals surface area contributed by atoms with Gasteiger partial charge in [-0.1, -0.05) is 11.6 Å². The zero-order chi connectivity index (χ0) is 17.1. The quantitative estimate of drug-likeness (QED) is 0.847. The summed E-state index contributed by atoms with van der Waals surface area (Å²) in [4.78, 5) is 31.4. The van der Waals surface area contributed by atoms with E-state index in [2.05, 4.69) is 10.3 Å². The maximum atomic E-state index is 12.4. The molecule has 1 aliphatic rings. The fraction of sp³-hybridized carbons (Fsp3) is 0.235. The van der Waals surface area contributed by atoms with Crippen LogP contribution in [0.15, 0.2) is 47.5 Å². The molecule has 1 atom stereocenters. The van der Waals surface area contributed by atoms with Gasteiger partial charge >= 0.3 is 0 Å². The Balaban J connectivity index is 1.67. The number of carbonyl (C=O) groups is 2. The van der Waals surface area contributed by atoms with Crippen LogP contribution in [0.1, 0.15) is 6.42 Å². The molecule has 2 heterocycles. The number of thioether (sulfide) groups is 1. The summed E-state index contributed by atoms with van der Waals surface area (Å²) in [5, 5.41) is 3.23. The molecule has 0 aliphatic carbocycles.